The Bertz CT molecular complexity index is 467. The van der Waals surface area contributed by atoms with Crippen LogP contribution in [-0.4, -0.2) is 37.1 Å². The molecule has 1 N–H and O–H groups in total. The molecule has 0 radical (unpaired) electrons. The van der Waals surface area contributed by atoms with Crippen LogP contribution in [0, 0.1) is 5.82 Å². The topological polar surface area (TPSA) is 41.6 Å². The number of unbranched alkanes of at least 4 members (excludes halogenated alkanes) is 1. The second-order valence-electron chi connectivity index (χ2n) is 5.08. The molecule has 0 aromatic heterocycles. The molecule has 1 aromatic carbocycles. The number of hydrogen-bond donors (Lipinski definition) is 1. The lowest BCUT2D eigenvalue weighted by molar-refractivity contribution is -0.129. The van der Waals surface area contributed by atoms with Gasteiger partial charge in [-0.15, -0.1) is 0 Å². The first kappa shape index (κ1) is 14.9. The van der Waals surface area contributed by atoms with Crippen molar-refractivity contribution >= 4 is 5.91 Å². The Morgan fingerprint density at radius 2 is 2.20 bits per heavy atom. The van der Waals surface area contributed by atoms with Gasteiger partial charge < -0.3 is 9.64 Å². The van der Waals surface area contributed by atoms with Gasteiger partial charge in [-0.1, -0.05) is 12.1 Å². The van der Waals surface area contributed by atoms with E-state index in [4.69, 9.17) is 4.74 Å². The van der Waals surface area contributed by atoms with Crippen LogP contribution in [0.4, 0.5) is 4.39 Å². The van der Waals surface area contributed by atoms with E-state index in [1.54, 1.807) is 18.1 Å². The Kier molecular flexibility index (Phi) is 5.09. The van der Waals surface area contributed by atoms with E-state index in [-0.39, 0.29) is 23.9 Å². The van der Waals surface area contributed by atoms with Gasteiger partial charge in [0.2, 0.25) is 5.91 Å². The lowest BCUT2D eigenvalue weighted by Gasteiger charge is -2.24. The van der Waals surface area contributed by atoms with Crippen LogP contribution in [0.3, 0.4) is 0 Å². The fraction of sp³-hybridized carbons (Fsp3) is 0.533. The first-order valence-electron chi connectivity index (χ1n) is 6.94. The highest BCUT2D eigenvalue weighted by Gasteiger charge is 2.36. The molecule has 2 atom stereocenters. The van der Waals surface area contributed by atoms with Crippen LogP contribution in [0.15, 0.2) is 24.3 Å². The van der Waals surface area contributed by atoms with E-state index in [0.29, 0.717) is 13.2 Å². The molecule has 1 aliphatic rings. The van der Waals surface area contributed by atoms with E-state index in [0.717, 1.165) is 18.4 Å². The summed E-state index contributed by atoms with van der Waals surface area (Å²) >= 11 is 0. The molecular weight excluding hydrogens is 259 g/mol. The summed E-state index contributed by atoms with van der Waals surface area (Å²) in [6.07, 6.45) is 1.54. The van der Waals surface area contributed by atoms with Gasteiger partial charge in [0.15, 0.2) is 0 Å². The second kappa shape index (κ2) is 6.81. The average molecular weight is 280 g/mol. The third-order valence-corrected chi connectivity index (χ3v) is 3.53. The van der Waals surface area contributed by atoms with Crippen molar-refractivity contribution in [2.24, 2.45) is 0 Å². The molecule has 0 aliphatic carbocycles. The van der Waals surface area contributed by atoms with Crippen LogP contribution in [0.1, 0.15) is 31.5 Å². The fourth-order valence-corrected chi connectivity index (χ4v) is 2.49. The average Bonchev–Trinajstić information content (AvgIpc) is 2.71. The SMILES string of the molecule is COCCCCN1C(=O)C(C)NC1c1cccc(F)c1. The molecular formula is C15H21FN2O2. The molecule has 5 heteroatoms. The smallest absolute Gasteiger partial charge is 0.241 e. The highest BCUT2D eigenvalue weighted by molar-refractivity contribution is 5.84. The highest BCUT2D eigenvalue weighted by atomic mass is 19.1. The molecule has 2 rings (SSSR count). The van der Waals surface area contributed by atoms with Crippen LogP contribution in [0.25, 0.3) is 0 Å². The van der Waals surface area contributed by atoms with Gasteiger partial charge in [0.05, 0.1) is 6.04 Å². The molecule has 1 fully saturated rings. The molecule has 1 heterocycles. The minimum Gasteiger partial charge on any atom is -0.385 e. The summed E-state index contributed by atoms with van der Waals surface area (Å²) in [7, 11) is 1.67. The molecule has 1 aromatic rings. The Morgan fingerprint density at radius 1 is 1.40 bits per heavy atom. The maximum absolute atomic E-state index is 13.3. The Hall–Kier alpha value is -1.46. The van der Waals surface area contributed by atoms with Gasteiger partial charge in [-0.05, 0) is 37.5 Å². The number of carbonyl (C=O) groups excluding carboxylic acids is 1. The zero-order valence-corrected chi connectivity index (χ0v) is 11.9. The zero-order valence-electron chi connectivity index (χ0n) is 11.9. The van der Waals surface area contributed by atoms with Gasteiger partial charge in [-0.25, -0.2) is 4.39 Å². The predicted octanol–water partition coefficient (Wildman–Crippen LogP) is 2.07. The molecule has 110 valence electrons. The highest BCUT2D eigenvalue weighted by Crippen LogP contribution is 2.26. The Balaban J connectivity index is 2.07. The maximum atomic E-state index is 13.3. The summed E-state index contributed by atoms with van der Waals surface area (Å²) < 4.78 is 18.4. The monoisotopic (exact) mass is 280 g/mol. The molecule has 1 aliphatic heterocycles. The van der Waals surface area contributed by atoms with Crippen LogP contribution in [0.5, 0.6) is 0 Å². The fourth-order valence-electron chi connectivity index (χ4n) is 2.49. The van der Waals surface area contributed by atoms with E-state index in [2.05, 4.69) is 5.32 Å². The summed E-state index contributed by atoms with van der Waals surface area (Å²) in [6, 6.07) is 6.17. The third-order valence-electron chi connectivity index (χ3n) is 3.53. The van der Waals surface area contributed by atoms with Gasteiger partial charge in [0.1, 0.15) is 12.0 Å². The van der Waals surface area contributed by atoms with E-state index < -0.39 is 0 Å². The largest absolute Gasteiger partial charge is 0.385 e. The van der Waals surface area contributed by atoms with Crippen molar-refractivity contribution in [2.75, 3.05) is 20.3 Å². The summed E-state index contributed by atoms with van der Waals surface area (Å²) in [5, 5.41) is 3.22. The minimum atomic E-state index is -0.282. The van der Waals surface area contributed by atoms with Crippen molar-refractivity contribution in [1.29, 1.82) is 0 Å². The number of amides is 1. The van der Waals surface area contributed by atoms with Crippen LogP contribution in [-0.2, 0) is 9.53 Å². The molecule has 20 heavy (non-hydrogen) atoms. The molecule has 4 nitrogen and oxygen atoms in total. The summed E-state index contributed by atoms with van der Waals surface area (Å²) in [5.74, 6) is -0.215. The number of halogens is 1. The second-order valence-corrected chi connectivity index (χ2v) is 5.08. The third kappa shape index (κ3) is 3.35. The number of nitrogens with one attached hydrogen (secondary N) is 1. The Labute approximate surface area is 118 Å². The number of ether oxygens (including phenoxy) is 1. The van der Waals surface area contributed by atoms with E-state index >= 15 is 0 Å². The predicted molar refractivity (Wildman–Crippen MR) is 74.6 cm³/mol. The van der Waals surface area contributed by atoms with Gasteiger partial charge in [0.25, 0.3) is 0 Å². The molecule has 1 saturated heterocycles. The van der Waals surface area contributed by atoms with Crippen molar-refractivity contribution in [3.05, 3.63) is 35.6 Å². The number of methoxy groups -OCH3 is 1. The minimum absolute atomic E-state index is 0.0664. The van der Waals surface area contributed by atoms with Crippen molar-refractivity contribution < 1.29 is 13.9 Å². The molecule has 0 bridgehead atoms. The molecule has 0 saturated carbocycles. The first-order valence-corrected chi connectivity index (χ1v) is 6.94. The quantitative estimate of drug-likeness (QED) is 0.811. The van der Waals surface area contributed by atoms with Crippen LogP contribution < -0.4 is 5.32 Å². The zero-order chi connectivity index (χ0) is 14.5. The molecule has 1 amide bonds. The van der Waals surface area contributed by atoms with Crippen LogP contribution in [0.2, 0.25) is 0 Å². The van der Waals surface area contributed by atoms with Crippen molar-refractivity contribution in [1.82, 2.24) is 10.2 Å². The normalized spacial score (nSPS) is 22.6. The van der Waals surface area contributed by atoms with E-state index in [1.165, 1.54) is 12.1 Å². The van der Waals surface area contributed by atoms with Crippen molar-refractivity contribution in [3.63, 3.8) is 0 Å². The lowest BCUT2D eigenvalue weighted by atomic mass is 10.1. The standard InChI is InChI=1S/C15H21FN2O2/c1-11-15(19)18(8-3-4-9-20-2)14(17-11)12-6-5-7-13(16)10-12/h5-7,10-11,14,17H,3-4,8-9H2,1-2H3. The lowest BCUT2D eigenvalue weighted by Crippen LogP contribution is -2.31. The van der Waals surface area contributed by atoms with E-state index in [1.807, 2.05) is 13.0 Å². The van der Waals surface area contributed by atoms with Crippen LogP contribution >= 0.6 is 0 Å². The van der Waals surface area contributed by atoms with Crippen molar-refractivity contribution in [3.8, 4) is 0 Å². The first-order chi connectivity index (χ1) is 9.63. The van der Waals surface area contributed by atoms with Gasteiger partial charge in [-0.2, -0.15) is 0 Å². The molecule has 0 spiro atoms. The van der Waals surface area contributed by atoms with E-state index in [9.17, 15) is 9.18 Å². The Morgan fingerprint density at radius 3 is 2.90 bits per heavy atom. The summed E-state index contributed by atoms with van der Waals surface area (Å²) in [5.41, 5.74) is 0.787. The number of hydrogen-bond acceptors (Lipinski definition) is 3. The van der Waals surface area contributed by atoms with Crippen molar-refractivity contribution in [2.45, 2.75) is 32.0 Å². The maximum Gasteiger partial charge on any atom is 0.241 e. The van der Waals surface area contributed by atoms with Gasteiger partial charge >= 0.3 is 0 Å². The summed E-state index contributed by atoms with van der Waals surface area (Å²) in [4.78, 5) is 14.0. The number of benzene rings is 1. The number of carbonyl (C=O) groups is 1. The number of nitrogens with zero attached hydrogens (tertiary/aromatic N) is 1. The van der Waals surface area contributed by atoms with Gasteiger partial charge in [0, 0.05) is 20.3 Å². The molecule has 2 unspecified atom stereocenters. The summed E-state index contributed by atoms with van der Waals surface area (Å²) in [6.45, 7) is 3.18. The van der Waals surface area contributed by atoms with Gasteiger partial charge in [-0.3, -0.25) is 10.1 Å². The number of rotatable bonds is 6.